The Morgan fingerprint density at radius 2 is 1.46 bits per heavy atom. The third-order valence-electron chi connectivity index (χ3n) is 5.59. The highest BCUT2D eigenvalue weighted by molar-refractivity contribution is 6.62. The molecular weight excluding hydrogens is 295 g/mol. The molecule has 0 spiro atoms. The second kappa shape index (κ2) is 4.74. The lowest BCUT2D eigenvalue weighted by molar-refractivity contribution is 0.00578. The van der Waals surface area contributed by atoms with Crippen molar-refractivity contribution in [2.24, 2.45) is 0 Å². The summed E-state index contributed by atoms with van der Waals surface area (Å²) in [6, 6.07) is 12.1. The van der Waals surface area contributed by atoms with Crippen molar-refractivity contribution in [3.63, 3.8) is 0 Å². The highest BCUT2D eigenvalue weighted by Gasteiger charge is 2.52. The van der Waals surface area contributed by atoms with Crippen LogP contribution in [0.1, 0.15) is 60.8 Å². The Bertz CT molecular complexity index is 979. The maximum atomic E-state index is 8.31. The van der Waals surface area contributed by atoms with Gasteiger partial charge in [-0.1, -0.05) is 56.2 Å². The van der Waals surface area contributed by atoms with Gasteiger partial charge in [-0.3, -0.25) is 0 Å². The van der Waals surface area contributed by atoms with Crippen LogP contribution in [-0.2, 0) is 14.7 Å². The first-order chi connectivity index (χ1) is 13.6. The van der Waals surface area contributed by atoms with Gasteiger partial charge in [0, 0.05) is 13.6 Å². The fourth-order valence-electron chi connectivity index (χ4n) is 3.42. The summed E-state index contributed by atoms with van der Waals surface area (Å²) < 4.78 is 62.1. The van der Waals surface area contributed by atoms with E-state index in [0.717, 1.165) is 0 Å². The molecule has 124 valence electrons. The standard InChI is InChI=1S/C21H25BO2/c1-19(2)17-10-8-7-9-15(17)16-12-11-14(13-18(16)19)22-23-20(3,4)21(5,6)24-22/h7-13H,1-6H3/i1D3,2D3. The average molecular weight is 326 g/mol. The topological polar surface area (TPSA) is 18.5 Å². The van der Waals surface area contributed by atoms with Crippen LogP contribution < -0.4 is 5.46 Å². The summed E-state index contributed by atoms with van der Waals surface area (Å²) in [5.74, 6) is 0. The molecule has 2 nitrogen and oxygen atoms in total. The molecule has 0 saturated carbocycles. The fraction of sp³-hybridized carbons (Fsp3) is 0.429. The van der Waals surface area contributed by atoms with E-state index in [1.54, 1.807) is 36.4 Å². The Morgan fingerprint density at radius 3 is 2.12 bits per heavy atom. The van der Waals surface area contributed by atoms with E-state index < -0.39 is 37.4 Å². The van der Waals surface area contributed by atoms with Crippen molar-refractivity contribution in [2.45, 2.75) is 58.0 Å². The predicted molar refractivity (Wildman–Crippen MR) is 99.7 cm³/mol. The molecule has 1 heterocycles. The van der Waals surface area contributed by atoms with E-state index in [9.17, 15) is 0 Å². The Labute approximate surface area is 153 Å². The molecule has 0 amide bonds. The Hall–Kier alpha value is -1.58. The summed E-state index contributed by atoms with van der Waals surface area (Å²) >= 11 is 0. The van der Waals surface area contributed by atoms with Gasteiger partial charge >= 0.3 is 7.12 Å². The quantitative estimate of drug-likeness (QED) is 0.728. The van der Waals surface area contributed by atoms with Crippen molar-refractivity contribution < 1.29 is 17.5 Å². The van der Waals surface area contributed by atoms with Crippen LogP contribution in [0.25, 0.3) is 11.1 Å². The number of hydrogen-bond donors (Lipinski definition) is 0. The zero-order valence-corrected chi connectivity index (χ0v) is 14.4. The summed E-state index contributed by atoms with van der Waals surface area (Å²) in [5, 5.41) is 0. The molecule has 2 aromatic carbocycles. The first-order valence-corrected chi connectivity index (χ1v) is 8.23. The largest absolute Gasteiger partial charge is 0.494 e. The summed E-state index contributed by atoms with van der Waals surface area (Å²) in [6.45, 7) is 2.18. The third-order valence-corrected chi connectivity index (χ3v) is 5.59. The molecule has 1 aliphatic carbocycles. The van der Waals surface area contributed by atoms with Crippen LogP contribution in [0.5, 0.6) is 0 Å². The summed E-state index contributed by atoms with van der Waals surface area (Å²) in [4.78, 5) is 0. The van der Waals surface area contributed by atoms with E-state index in [1.165, 1.54) is 0 Å². The normalized spacial score (nSPS) is 27.1. The summed E-state index contributed by atoms with van der Waals surface area (Å²) in [7, 11) is -0.713. The number of fused-ring (bicyclic) bond motifs is 3. The van der Waals surface area contributed by atoms with E-state index in [2.05, 4.69) is 0 Å². The van der Waals surface area contributed by atoms with Crippen molar-refractivity contribution in [1.82, 2.24) is 0 Å². The van der Waals surface area contributed by atoms with Gasteiger partial charge in [0.05, 0.1) is 11.2 Å². The second-order valence-electron chi connectivity index (χ2n) is 7.69. The lowest BCUT2D eigenvalue weighted by Gasteiger charge is -2.32. The van der Waals surface area contributed by atoms with Gasteiger partial charge in [0.25, 0.3) is 0 Å². The van der Waals surface area contributed by atoms with Gasteiger partial charge in [-0.05, 0) is 55.4 Å². The molecule has 0 unspecified atom stereocenters. The lowest BCUT2D eigenvalue weighted by Crippen LogP contribution is -2.41. The molecule has 0 atom stereocenters. The van der Waals surface area contributed by atoms with E-state index in [0.29, 0.717) is 22.2 Å². The first kappa shape index (κ1) is 10.4. The Morgan fingerprint density at radius 1 is 0.833 bits per heavy atom. The first-order valence-electron chi connectivity index (χ1n) is 11.2. The molecule has 1 fully saturated rings. The van der Waals surface area contributed by atoms with Gasteiger partial charge in [-0.15, -0.1) is 0 Å². The van der Waals surface area contributed by atoms with Crippen molar-refractivity contribution >= 4 is 12.6 Å². The third kappa shape index (κ3) is 2.04. The highest BCUT2D eigenvalue weighted by atomic mass is 16.7. The second-order valence-corrected chi connectivity index (χ2v) is 7.69. The van der Waals surface area contributed by atoms with Gasteiger partial charge in [-0.2, -0.15) is 0 Å². The summed E-state index contributed by atoms with van der Waals surface area (Å²) in [6.07, 6.45) is 0. The summed E-state index contributed by atoms with van der Waals surface area (Å²) in [5.41, 5.74) is -0.792. The molecule has 1 saturated heterocycles. The van der Waals surface area contributed by atoms with Crippen LogP contribution in [0, 0.1) is 0 Å². The van der Waals surface area contributed by atoms with Gasteiger partial charge < -0.3 is 9.31 Å². The number of hydrogen-bond acceptors (Lipinski definition) is 2. The molecule has 0 radical (unpaired) electrons. The van der Waals surface area contributed by atoms with Gasteiger partial charge in [0.1, 0.15) is 0 Å². The van der Waals surface area contributed by atoms with Crippen LogP contribution in [-0.4, -0.2) is 18.3 Å². The SMILES string of the molecule is [2H]C([2H])([2H])C1(C([2H])([2H])[2H])c2ccccc2-c2ccc(B3OC(C)(C)C(C)(C)O3)cc21. The highest BCUT2D eigenvalue weighted by Crippen LogP contribution is 2.48. The van der Waals surface area contributed by atoms with Crippen molar-refractivity contribution in [2.75, 3.05) is 0 Å². The molecule has 3 heteroatoms. The molecule has 2 aliphatic rings. The number of benzene rings is 2. The average Bonchev–Trinajstić information content (AvgIpc) is 3.02. The lowest BCUT2D eigenvalue weighted by atomic mass is 9.74. The van der Waals surface area contributed by atoms with Crippen LogP contribution >= 0.6 is 0 Å². The van der Waals surface area contributed by atoms with Gasteiger partial charge in [-0.25, -0.2) is 0 Å². The van der Waals surface area contributed by atoms with Gasteiger partial charge in [0.2, 0.25) is 0 Å². The van der Waals surface area contributed by atoms with E-state index >= 15 is 0 Å². The molecule has 0 N–H and O–H groups in total. The molecule has 4 rings (SSSR count). The van der Waals surface area contributed by atoms with Crippen molar-refractivity contribution in [1.29, 1.82) is 0 Å². The molecular formula is C21H25BO2. The van der Waals surface area contributed by atoms with Crippen molar-refractivity contribution in [3.05, 3.63) is 53.6 Å². The number of rotatable bonds is 1. The minimum atomic E-state index is -2.78. The molecule has 0 bridgehead atoms. The van der Waals surface area contributed by atoms with Crippen LogP contribution in [0.2, 0.25) is 0 Å². The maximum Gasteiger partial charge on any atom is 0.494 e. The molecule has 0 aromatic heterocycles. The van der Waals surface area contributed by atoms with Crippen LogP contribution in [0.15, 0.2) is 42.5 Å². The smallest absolute Gasteiger partial charge is 0.399 e. The maximum absolute atomic E-state index is 8.31. The minimum absolute atomic E-state index is 0.274. The van der Waals surface area contributed by atoms with E-state index in [4.69, 9.17) is 17.5 Å². The Balaban J connectivity index is 1.97. The van der Waals surface area contributed by atoms with Gasteiger partial charge in [0.15, 0.2) is 0 Å². The zero-order valence-electron chi connectivity index (χ0n) is 20.4. The monoisotopic (exact) mass is 326 g/mol. The van der Waals surface area contributed by atoms with E-state index in [-0.39, 0.29) is 5.56 Å². The van der Waals surface area contributed by atoms with Crippen molar-refractivity contribution in [3.8, 4) is 11.1 Å². The fourth-order valence-corrected chi connectivity index (χ4v) is 3.42. The minimum Gasteiger partial charge on any atom is -0.399 e. The molecule has 1 aliphatic heterocycles. The predicted octanol–water partition coefficient (Wildman–Crippen LogP) is 4.29. The molecule has 2 aromatic rings. The zero-order chi connectivity index (χ0) is 22.3. The van der Waals surface area contributed by atoms with Crippen LogP contribution in [0.4, 0.5) is 0 Å². The van der Waals surface area contributed by atoms with Crippen LogP contribution in [0.3, 0.4) is 0 Å². The van der Waals surface area contributed by atoms with E-state index in [1.807, 2.05) is 33.8 Å². The Kier molecular flexibility index (Phi) is 2.06. The molecule has 24 heavy (non-hydrogen) atoms.